The second-order valence-corrected chi connectivity index (χ2v) is 4.77. The third kappa shape index (κ3) is 2.83. The van der Waals surface area contributed by atoms with Crippen LogP contribution in [0.4, 0.5) is 5.69 Å². The normalized spacial score (nSPS) is 16.4. The summed E-state index contributed by atoms with van der Waals surface area (Å²) in [5.41, 5.74) is 0.155. The number of halogens is 2. The Morgan fingerprint density at radius 3 is 2.47 bits per heavy atom. The van der Waals surface area contributed by atoms with Crippen molar-refractivity contribution < 1.29 is 9.72 Å². The minimum absolute atomic E-state index is 0.0727. The molecule has 2 N–H and O–H groups in total. The minimum atomic E-state index is -0.631. The Balaban J connectivity index is 2.49. The van der Waals surface area contributed by atoms with Crippen LogP contribution >= 0.6 is 35.4 Å². The van der Waals surface area contributed by atoms with E-state index in [0.29, 0.717) is 5.56 Å². The van der Waals surface area contributed by atoms with Gasteiger partial charge in [0.25, 0.3) is 11.6 Å². The van der Waals surface area contributed by atoms with Gasteiger partial charge in [-0.15, -0.1) is 0 Å². The zero-order valence-corrected chi connectivity index (χ0v) is 11.4. The van der Waals surface area contributed by atoms with Gasteiger partial charge in [0.1, 0.15) is 10.7 Å². The summed E-state index contributed by atoms with van der Waals surface area (Å²) in [5.74, 6) is -0.432. The number of nitro groups is 1. The quantitative estimate of drug-likeness (QED) is 0.378. The fraction of sp³-hybridized carbons (Fsp3) is 0. The molecule has 1 amide bonds. The molecule has 0 spiro atoms. The van der Waals surface area contributed by atoms with E-state index >= 15 is 0 Å². The molecule has 1 aliphatic heterocycles. The topological polar surface area (TPSA) is 84.3 Å². The average molecular weight is 318 g/mol. The van der Waals surface area contributed by atoms with Gasteiger partial charge < -0.3 is 5.32 Å². The highest BCUT2D eigenvalue weighted by Gasteiger charge is 2.22. The number of amides is 1. The van der Waals surface area contributed by atoms with E-state index in [9.17, 15) is 14.9 Å². The number of thiocarbonyl (C=S) groups is 1. The highest BCUT2D eigenvalue weighted by Crippen LogP contribution is 2.31. The molecule has 6 nitrogen and oxygen atoms in total. The van der Waals surface area contributed by atoms with E-state index in [1.165, 1.54) is 18.2 Å². The molecule has 1 aliphatic rings. The molecule has 2 rings (SSSR count). The molecular formula is C10H5Cl2N3O3S. The van der Waals surface area contributed by atoms with Gasteiger partial charge in [0.15, 0.2) is 5.11 Å². The molecule has 1 fully saturated rings. The van der Waals surface area contributed by atoms with Gasteiger partial charge >= 0.3 is 0 Å². The fourth-order valence-electron chi connectivity index (χ4n) is 1.44. The predicted molar refractivity (Wildman–Crippen MR) is 75.0 cm³/mol. The van der Waals surface area contributed by atoms with Crippen LogP contribution in [0.2, 0.25) is 10.0 Å². The number of nitro benzene ring substituents is 1. The molecule has 1 aromatic carbocycles. The van der Waals surface area contributed by atoms with Crippen molar-refractivity contribution in [3.05, 3.63) is 43.6 Å². The predicted octanol–water partition coefficient (Wildman–Crippen LogP) is 2.25. The first-order valence-electron chi connectivity index (χ1n) is 4.86. The molecule has 0 bridgehead atoms. The number of rotatable bonds is 2. The summed E-state index contributed by atoms with van der Waals surface area (Å²) < 4.78 is 0. The number of hydrogen-bond donors (Lipinski definition) is 2. The van der Waals surface area contributed by atoms with Crippen LogP contribution in [0.15, 0.2) is 17.8 Å². The van der Waals surface area contributed by atoms with E-state index in [1.54, 1.807) is 0 Å². The molecule has 1 aromatic rings. The summed E-state index contributed by atoms with van der Waals surface area (Å²) in [6, 6.07) is 2.44. The van der Waals surface area contributed by atoms with Gasteiger partial charge in [-0.2, -0.15) is 0 Å². The molecule has 98 valence electrons. The molecule has 0 atom stereocenters. The monoisotopic (exact) mass is 317 g/mol. The Labute approximate surface area is 122 Å². The number of benzene rings is 1. The number of hydrogen-bond acceptors (Lipinski definition) is 4. The number of nitrogens with zero attached hydrogens (tertiary/aromatic N) is 1. The van der Waals surface area contributed by atoms with Crippen LogP contribution in [0.3, 0.4) is 0 Å². The molecular weight excluding hydrogens is 313 g/mol. The maximum absolute atomic E-state index is 11.5. The van der Waals surface area contributed by atoms with Crippen LogP contribution in [0.5, 0.6) is 0 Å². The standard InChI is InChI=1S/C10H5Cl2N3O3S/c11-5-3-6(12)8(15(17)18)2-4(5)1-7-9(16)14-10(19)13-7/h1-3H,(H2,13,14,16,19)/b7-1-. The van der Waals surface area contributed by atoms with Crippen molar-refractivity contribution in [1.82, 2.24) is 10.6 Å². The summed E-state index contributed by atoms with van der Waals surface area (Å²) in [6.07, 6.45) is 1.36. The third-order valence-corrected chi connectivity index (χ3v) is 3.12. The molecule has 9 heteroatoms. The molecule has 0 unspecified atom stereocenters. The average Bonchev–Trinajstić information content (AvgIpc) is 2.60. The molecule has 1 saturated heterocycles. The highest BCUT2D eigenvalue weighted by molar-refractivity contribution is 7.80. The Morgan fingerprint density at radius 2 is 1.95 bits per heavy atom. The maximum Gasteiger partial charge on any atom is 0.288 e. The molecule has 0 aromatic heterocycles. The lowest BCUT2D eigenvalue weighted by atomic mass is 10.1. The van der Waals surface area contributed by atoms with Gasteiger partial charge in [-0.25, -0.2) is 0 Å². The summed E-state index contributed by atoms with van der Waals surface area (Å²) in [5, 5.41) is 16.0. The van der Waals surface area contributed by atoms with E-state index in [-0.39, 0.29) is 26.5 Å². The summed E-state index contributed by atoms with van der Waals surface area (Å²) in [7, 11) is 0. The van der Waals surface area contributed by atoms with E-state index in [0.717, 1.165) is 0 Å². The second kappa shape index (κ2) is 5.12. The van der Waals surface area contributed by atoms with Gasteiger partial charge in [0.05, 0.1) is 4.92 Å². The van der Waals surface area contributed by atoms with Crippen molar-refractivity contribution in [1.29, 1.82) is 0 Å². The molecule has 0 radical (unpaired) electrons. The highest BCUT2D eigenvalue weighted by atomic mass is 35.5. The van der Waals surface area contributed by atoms with Crippen molar-refractivity contribution >= 4 is 58.2 Å². The molecule has 1 heterocycles. The van der Waals surface area contributed by atoms with E-state index in [2.05, 4.69) is 10.6 Å². The summed E-state index contributed by atoms with van der Waals surface area (Å²) >= 11 is 16.4. The zero-order valence-electron chi connectivity index (χ0n) is 9.07. The Morgan fingerprint density at radius 1 is 1.26 bits per heavy atom. The lowest BCUT2D eigenvalue weighted by Gasteiger charge is -2.02. The number of carbonyl (C=O) groups is 1. The van der Waals surface area contributed by atoms with Crippen molar-refractivity contribution in [2.45, 2.75) is 0 Å². The van der Waals surface area contributed by atoms with Crippen molar-refractivity contribution in [2.75, 3.05) is 0 Å². The summed E-state index contributed by atoms with van der Waals surface area (Å²) in [6.45, 7) is 0. The Hall–Kier alpha value is -1.70. The SMILES string of the molecule is O=C1NC(=S)N/C1=C\c1cc([N+](=O)[O-])c(Cl)cc1Cl. The van der Waals surface area contributed by atoms with Crippen LogP contribution < -0.4 is 10.6 Å². The molecule has 0 saturated carbocycles. The zero-order chi connectivity index (χ0) is 14.2. The molecule has 0 aliphatic carbocycles. The fourth-order valence-corrected chi connectivity index (χ4v) is 2.15. The Bertz CT molecular complexity index is 645. The maximum atomic E-state index is 11.5. The van der Waals surface area contributed by atoms with Crippen LogP contribution in [-0.2, 0) is 4.79 Å². The number of nitrogens with one attached hydrogen (secondary N) is 2. The van der Waals surface area contributed by atoms with E-state index in [1.807, 2.05) is 0 Å². The second-order valence-electron chi connectivity index (χ2n) is 3.55. The van der Waals surface area contributed by atoms with Gasteiger partial charge in [0.2, 0.25) is 0 Å². The van der Waals surface area contributed by atoms with Gasteiger partial charge in [-0.3, -0.25) is 20.2 Å². The largest absolute Gasteiger partial charge is 0.328 e. The van der Waals surface area contributed by atoms with Crippen LogP contribution in [-0.4, -0.2) is 15.9 Å². The first-order chi connectivity index (χ1) is 8.88. The summed E-state index contributed by atoms with van der Waals surface area (Å²) in [4.78, 5) is 21.6. The van der Waals surface area contributed by atoms with E-state index < -0.39 is 10.8 Å². The Kier molecular flexibility index (Phi) is 3.70. The number of carbonyl (C=O) groups excluding carboxylic acids is 1. The minimum Gasteiger partial charge on any atom is -0.328 e. The van der Waals surface area contributed by atoms with Gasteiger partial charge in [-0.05, 0) is 24.4 Å². The van der Waals surface area contributed by atoms with Gasteiger partial charge in [-0.1, -0.05) is 23.2 Å². The molecule has 19 heavy (non-hydrogen) atoms. The third-order valence-electron chi connectivity index (χ3n) is 2.28. The van der Waals surface area contributed by atoms with Crippen molar-refractivity contribution in [3.8, 4) is 0 Å². The lowest BCUT2D eigenvalue weighted by molar-refractivity contribution is -0.384. The van der Waals surface area contributed by atoms with Crippen molar-refractivity contribution in [3.63, 3.8) is 0 Å². The van der Waals surface area contributed by atoms with Gasteiger partial charge in [0, 0.05) is 16.7 Å². The smallest absolute Gasteiger partial charge is 0.288 e. The van der Waals surface area contributed by atoms with Crippen molar-refractivity contribution in [2.24, 2.45) is 0 Å². The lowest BCUT2D eigenvalue weighted by Crippen LogP contribution is -2.21. The first kappa shape index (κ1) is 13.7. The van der Waals surface area contributed by atoms with Crippen LogP contribution in [0.1, 0.15) is 5.56 Å². The van der Waals surface area contributed by atoms with E-state index in [4.69, 9.17) is 35.4 Å². The first-order valence-corrected chi connectivity index (χ1v) is 6.02. The van der Waals surface area contributed by atoms with Crippen LogP contribution in [0, 0.1) is 10.1 Å². The van der Waals surface area contributed by atoms with Crippen LogP contribution in [0.25, 0.3) is 6.08 Å².